The topological polar surface area (TPSA) is 15.3 Å². The lowest BCUT2D eigenvalue weighted by Gasteiger charge is -2.42. The minimum Gasteiger partial charge on any atom is -0.311 e. The van der Waals surface area contributed by atoms with E-state index in [1.54, 1.807) is 0 Å². The molecule has 0 saturated carbocycles. The summed E-state index contributed by atoms with van der Waals surface area (Å²) in [4.78, 5) is 2.52. The zero-order valence-corrected chi connectivity index (χ0v) is 13.4. The normalized spacial score (nSPS) is 24.6. The minimum atomic E-state index is 0.436. The maximum atomic E-state index is 4.00. The van der Waals surface area contributed by atoms with Crippen molar-refractivity contribution >= 4 is 15.9 Å². The molecule has 104 valence electrons. The van der Waals surface area contributed by atoms with Crippen LogP contribution < -0.4 is 5.32 Å². The fourth-order valence-electron chi connectivity index (χ4n) is 2.68. The van der Waals surface area contributed by atoms with Gasteiger partial charge < -0.3 is 5.32 Å². The largest absolute Gasteiger partial charge is 0.311 e. The molecular weight excluding hydrogens is 300 g/mol. The molecule has 1 fully saturated rings. The lowest BCUT2D eigenvalue weighted by Crippen LogP contribution is -2.54. The first-order valence-corrected chi connectivity index (χ1v) is 7.73. The zero-order chi connectivity index (χ0) is 13.8. The van der Waals surface area contributed by atoms with Crippen molar-refractivity contribution in [2.75, 3.05) is 19.6 Å². The zero-order valence-electron chi connectivity index (χ0n) is 11.8. The summed E-state index contributed by atoms with van der Waals surface area (Å²) in [6, 6.07) is 11.7. The number of benzene rings is 1. The van der Waals surface area contributed by atoms with Crippen LogP contribution in [0.1, 0.15) is 25.5 Å². The monoisotopic (exact) mass is 322 g/mol. The van der Waals surface area contributed by atoms with Crippen LogP contribution in [0.15, 0.2) is 41.4 Å². The molecule has 0 amide bonds. The van der Waals surface area contributed by atoms with Crippen molar-refractivity contribution in [3.63, 3.8) is 0 Å². The smallest absolute Gasteiger partial charge is 0.0477 e. The number of nitrogens with one attached hydrogen (secondary N) is 1. The van der Waals surface area contributed by atoms with Crippen LogP contribution in [0.5, 0.6) is 0 Å². The Hall–Kier alpha value is -0.640. The first kappa shape index (κ1) is 14.8. The van der Waals surface area contributed by atoms with E-state index in [4.69, 9.17) is 0 Å². The van der Waals surface area contributed by atoms with Gasteiger partial charge in [-0.3, -0.25) is 4.90 Å². The number of nitrogens with zero attached hydrogens (tertiary/aromatic N) is 1. The van der Waals surface area contributed by atoms with Crippen LogP contribution in [0.4, 0.5) is 0 Å². The van der Waals surface area contributed by atoms with E-state index in [0.29, 0.717) is 18.0 Å². The molecule has 1 N–H and O–H groups in total. The van der Waals surface area contributed by atoms with Crippen LogP contribution in [0.3, 0.4) is 0 Å². The molecule has 1 aliphatic heterocycles. The van der Waals surface area contributed by atoms with Gasteiger partial charge in [0.25, 0.3) is 0 Å². The summed E-state index contributed by atoms with van der Waals surface area (Å²) in [7, 11) is 0. The van der Waals surface area contributed by atoms with Gasteiger partial charge in [-0.1, -0.05) is 66.7 Å². The van der Waals surface area contributed by atoms with Crippen molar-refractivity contribution in [1.82, 2.24) is 10.2 Å². The quantitative estimate of drug-likeness (QED) is 0.911. The summed E-state index contributed by atoms with van der Waals surface area (Å²) in [6.45, 7) is 11.5. The van der Waals surface area contributed by atoms with Crippen molar-refractivity contribution in [2.24, 2.45) is 5.92 Å². The molecule has 1 aromatic carbocycles. The summed E-state index contributed by atoms with van der Waals surface area (Å²) < 4.78 is 1.05. The Morgan fingerprint density at radius 2 is 2.11 bits per heavy atom. The highest BCUT2D eigenvalue weighted by Gasteiger charge is 2.30. The molecule has 0 bridgehead atoms. The van der Waals surface area contributed by atoms with Gasteiger partial charge in [-0.25, -0.2) is 0 Å². The van der Waals surface area contributed by atoms with E-state index in [1.807, 2.05) is 0 Å². The Morgan fingerprint density at radius 1 is 1.42 bits per heavy atom. The molecular formula is C16H23BrN2. The second kappa shape index (κ2) is 6.69. The molecule has 19 heavy (non-hydrogen) atoms. The molecule has 0 radical (unpaired) electrons. The van der Waals surface area contributed by atoms with E-state index < -0.39 is 0 Å². The molecule has 0 spiro atoms. The molecule has 2 rings (SSSR count). The van der Waals surface area contributed by atoms with Crippen molar-refractivity contribution in [2.45, 2.75) is 25.9 Å². The molecule has 2 unspecified atom stereocenters. The summed E-state index contributed by atoms with van der Waals surface area (Å²) in [5, 5.41) is 3.68. The Bertz CT molecular complexity index is 416. The maximum Gasteiger partial charge on any atom is 0.0477 e. The predicted octanol–water partition coefficient (Wildman–Crippen LogP) is 3.57. The van der Waals surface area contributed by atoms with E-state index in [0.717, 1.165) is 24.1 Å². The Labute approximate surface area is 125 Å². The highest BCUT2D eigenvalue weighted by atomic mass is 79.9. The van der Waals surface area contributed by atoms with E-state index in [2.05, 4.69) is 76.9 Å². The van der Waals surface area contributed by atoms with Gasteiger partial charge in [0.1, 0.15) is 0 Å². The first-order valence-electron chi connectivity index (χ1n) is 6.93. The third kappa shape index (κ3) is 3.91. The molecule has 1 heterocycles. The van der Waals surface area contributed by atoms with Gasteiger partial charge in [0.2, 0.25) is 0 Å². The van der Waals surface area contributed by atoms with Crippen LogP contribution in [0.2, 0.25) is 0 Å². The van der Waals surface area contributed by atoms with Gasteiger partial charge in [-0.15, -0.1) is 0 Å². The lowest BCUT2D eigenvalue weighted by atomic mass is 9.96. The number of halogens is 1. The summed E-state index contributed by atoms with van der Waals surface area (Å²) >= 11 is 3.51. The van der Waals surface area contributed by atoms with E-state index in [-0.39, 0.29) is 0 Å². The highest BCUT2D eigenvalue weighted by Crippen LogP contribution is 2.26. The van der Waals surface area contributed by atoms with Crippen LogP contribution in [-0.2, 0) is 0 Å². The average Bonchev–Trinajstić information content (AvgIpc) is 2.39. The Morgan fingerprint density at radius 3 is 2.68 bits per heavy atom. The van der Waals surface area contributed by atoms with E-state index >= 15 is 0 Å². The Kier molecular flexibility index (Phi) is 5.20. The summed E-state index contributed by atoms with van der Waals surface area (Å²) in [6.07, 6.45) is 0. The second-order valence-corrected chi connectivity index (χ2v) is 6.75. The van der Waals surface area contributed by atoms with Crippen LogP contribution in [-0.4, -0.2) is 30.6 Å². The van der Waals surface area contributed by atoms with Gasteiger partial charge in [-0.05, 0) is 11.5 Å². The van der Waals surface area contributed by atoms with Gasteiger partial charge in [0.15, 0.2) is 0 Å². The number of hydrogen-bond donors (Lipinski definition) is 1. The van der Waals surface area contributed by atoms with Crippen molar-refractivity contribution in [1.29, 1.82) is 0 Å². The number of piperazine rings is 1. The van der Waals surface area contributed by atoms with Crippen molar-refractivity contribution in [3.8, 4) is 0 Å². The summed E-state index contributed by atoms with van der Waals surface area (Å²) in [5.74, 6) is 0.655. The van der Waals surface area contributed by atoms with Crippen molar-refractivity contribution < 1.29 is 0 Å². The molecule has 3 heteroatoms. The first-order chi connectivity index (χ1) is 9.08. The SMILES string of the molecule is C=C(Br)CN1CC(C(C)C)NCC1c1ccccc1. The molecule has 1 saturated heterocycles. The highest BCUT2D eigenvalue weighted by molar-refractivity contribution is 9.11. The lowest BCUT2D eigenvalue weighted by molar-refractivity contribution is 0.126. The van der Waals surface area contributed by atoms with Crippen LogP contribution in [0.25, 0.3) is 0 Å². The number of rotatable bonds is 4. The minimum absolute atomic E-state index is 0.436. The molecule has 1 aliphatic rings. The van der Waals surface area contributed by atoms with E-state index in [9.17, 15) is 0 Å². The maximum absolute atomic E-state index is 4.00. The molecule has 2 atom stereocenters. The van der Waals surface area contributed by atoms with Gasteiger partial charge in [-0.2, -0.15) is 0 Å². The molecule has 1 aromatic rings. The molecule has 2 nitrogen and oxygen atoms in total. The summed E-state index contributed by atoms with van der Waals surface area (Å²) in [5.41, 5.74) is 1.38. The molecule has 0 aliphatic carbocycles. The average molecular weight is 323 g/mol. The number of hydrogen-bond acceptors (Lipinski definition) is 2. The van der Waals surface area contributed by atoms with Gasteiger partial charge in [0.05, 0.1) is 0 Å². The van der Waals surface area contributed by atoms with E-state index in [1.165, 1.54) is 5.56 Å². The standard InChI is InChI=1S/C16H23BrN2/c1-12(2)15-11-19(10-13(3)17)16(9-18-15)14-7-5-4-6-8-14/h4-8,12,15-16,18H,3,9-11H2,1-2H3. The molecule has 0 aromatic heterocycles. The predicted molar refractivity (Wildman–Crippen MR) is 85.5 cm³/mol. The fraction of sp³-hybridized carbons (Fsp3) is 0.500. The van der Waals surface area contributed by atoms with Crippen molar-refractivity contribution in [3.05, 3.63) is 47.0 Å². The van der Waals surface area contributed by atoms with Crippen LogP contribution >= 0.6 is 15.9 Å². The van der Waals surface area contributed by atoms with Gasteiger partial charge >= 0.3 is 0 Å². The second-order valence-electron chi connectivity index (χ2n) is 5.63. The third-order valence-electron chi connectivity index (χ3n) is 3.81. The van der Waals surface area contributed by atoms with Gasteiger partial charge in [0, 0.05) is 36.2 Å². The Balaban J connectivity index is 2.15. The third-order valence-corrected chi connectivity index (χ3v) is 4.06. The fourth-order valence-corrected chi connectivity index (χ4v) is 3.00. The van der Waals surface area contributed by atoms with Crippen LogP contribution in [0, 0.1) is 5.92 Å².